The van der Waals surface area contributed by atoms with Gasteiger partial charge in [0.15, 0.2) is 5.78 Å². The number of ether oxygens (including phenoxy) is 1. The maximum atomic E-state index is 12.5. The number of carbonyl (C=O) groups excluding carboxylic acids is 1. The Hall–Kier alpha value is -2.12. The molecule has 0 radical (unpaired) electrons. The molecule has 2 rings (SSSR count). The molecule has 0 aliphatic heterocycles. The summed E-state index contributed by atoms with van der Waals surface area (Å²) >= 11 is 3.33. The molecule has 0 amide bonds. The van der Waals surface area contributed by atoms with E-state index in [0.717, 1.165) is 10.0 Å². The zero-order valence-electron chi connectivity index (χ0n) is 11.8. The zero-order valence-corrected chi connectivity index (χ0v) is 13.3. The first-order chi connectivity index (χ1) is 10.1. The molecular weight excluding hydrogens is 330 g/mol. The van der Waals surface area contributed by atoms with Crippen LogP contribution in [0.3, 0.4) is 0 Å². The largest absolute Gasteiger partial charge is 0.496 e. The molecule has 1 atom stereocenters. The van der Waals surface area contributed by atoms with Crippen LogP contribution in [0.5, 0.6) is 5.75 Å². The van der Waals surface area contributed by atoms with Crippen molar-refractivity contribution in [1.82, 2.24) is 0 Å². The van der Waals surface area contributed by atoms with Crippen LogP contribution in [-0.4, -0.2) is 12.9 Å². The monoisotopic (exact) mass is 343 g/mol. The summed E-state index contributed by atoms with van der Waals surface area (Å²) in [5.74, 6) is -0.368. The molecule has 21 heavy (non-hydrogen) atoms. The molecule has 0 aromatic heterocycles. The van der Waals surface area contributed by atoms with Crippen LogP contribution in [0.15, 0.2) is 46.9 Å². The normalized spacial score (nSPS) is 11.5. The van der Waals surface area contributed by atoms with Crippen molar-refractivity contribution in [1.29, 1.82) is 5.26 Å². The van der Waals surface area contributed by atoms with E-state index in [4.69, 9.17) is 4.74 Å². The lowest BCUT2D eigenvalue weighted by atomic mass is 9.91. The second-order valence-corrected chi connectivity index (χ2v) is 5.58. The second kappa shape index (κ2) is 6.55. The van der Waals surface area contributed by atoms with Gasteiger partial charge >= 0.3 is 0 Å². The van der Waals surface area contributed by atoms with Crippen molar-refractivity contribution >= 4 is 21.7 Å². The first-order valence-electron chi connectivity index (χ1n) is 6.40. The van der Waals surface area contributed by atoms with Gasteiger partial charge in [0, 0.05) is 10.0 Å². The lowest BCUT2D eigenvalue weighted by Gasteiger charge is -2.12. The van der Waals surface area contributed by atoms with Crippen molar-refractivity contribution in [2.24, 2.45) is 0 Å². The fourth-order valence-electron chi connectivity index (χ4n) is 2.08. The van der Waals surface area contributed by atoms with Gasteiger partial charge in [-0.1, -0.05) is 40.2 Å². The maximum Gasteiger partial charge on any atom is 0.184 e. The number of Topliss-reactive ketones (excluding diaryl/α,β-unsaturated/α-hetero) is 1. The van der Waals surface area contributed by atoms with Crippen LogP contribution >= 0.6 is 15.9 Å². The summed E-state index contributed by atoms with van der Waals surface area (Å²) in [5, 5.41) is 9.38. The average molecular weight is 344 g/mol. The highest BCUT2D eigenvalue weighted by Gasteiger charge is 2.22. The highest BCUT2D eigenvalue weighted by Crippen LogP contribution is 2.27. The summed E-state index contributed by atoms with van der Waals surface area (Å²) in [7, 11) is 1.57. The predicted octanol–water partition coefficient (Wildman–Crippen LogP) is 4.26. The minimum atomic E-state index is -0.833. The van der Waals surface area contributed by atoms with Crippen LogP contribution in [0.2, 0.25) is 0 Å². The summed E-state index contributed by atoms with van der Waals surface area (Å²) in [5.41, 5.74) is 2.13. The number of halogens is 1. The molecule has 0 saturated heterocycles. The van der Waals surface area contributed by atoms with Gasteiger partial charge in [-0.05, 0) is 36.2 Å². The van der Waals surface area contributed by atoms with Crippen LogP contribution in [-0.2, 0) is 0 Å². The van der Waals surface area contributed by atoms with Crippen molar-refractivity contribution in [3.05, 3.63) is 63.6 Å². The second-order valence-electron chi connectivity index (χ2n) is 4.66. The van der Waals surface area contributed by atoms with Crippen LogP contribution in [0.1, 0.15) is 27.4 Å². The van der Waals surface area contributed by atoms with E-state index in [1.165, 1.54) is 0 Å². The van der Waals surface area contributed by atoms with Gasteiger partial charge in [0.25, 0.3) is 0 Å². The van der Waals surface area contributed by atoms with Crippen molar-refractivity contribution < 1.29 is 9.53 Å². The van der Waals surface area contributed by atoms with Crippen molar-refractivity contribution in [3.8, 4) is 11.8 Å². The highest BCUT2D eigenvalue weighted by atomic mass is 79.9. The van der Waals surface area contributed by atoms with Crippen molar-refractivity contribution in [2.45, 2.75) is 12.8 Å². The van der Waals surface area contributed by atoms with Crippen LogP contribution in [0.25, 0.3) is 0 Å². The van der Waals surface area contributed by atoms with Gasteiger partial charge in [0.05, 0.1) is 13.2 Å². The third-order valence-corrected chi connectivity index (χ3v) is 3.81. The lowest BCUT2D eigenvalue weighted by molar-refractivity contribution is 0.0979. The van der Waals surface area contributed by atoms with Crippen molar-refractivity contribution in [2.75, 3.05) is 7.11 Å². The van der Waals surface area contributed by atoms with Crippen LogP contribution in [0.4, 0.5) is 0 Å². The topological polar surface area (TPSA) is 50.1 Å². The Labute approximate surface area is 132 Å². The molecule has 0 aliphatic carbocycles. The predicted molar refractivity (Wildman–Crippen MR) is 84.6 cm³/mol. The molecule has 0 spiro atoms. The third-order valence-electron chi connectivity index (χ3n) is 3.29. The van der Waals surface area contributed by atoms with E-state index in [1.807, 2.05) is 13.0 Å². The first kappa shape index (κ1) is 15.3. The van der Waals surface area contributed by atoms with Gasteiger partial charge in [0.1, 0.15) is 11.7 Å². The number of benzene rings is 2. The van der Waals surface area contributed by atoms with Gasteiger partial charge in [0.2, 0.25) is 0 Å². The number of hydrogen-bond acceptors (Lipinski definition) is 3. The van der Waals surface area contributed by atoms with Crippen LogP contribution < -0.4 is 4.74 Å². The minimum Gasteiger partial charge on any atom is -0.496 e. The molecule has 3 nitrogen and oxygen atoms in total. The molecule has 106 valence electrons. The number of nitrogens with zero attached hydrogens (tertiary/aromatic N) is 1. The number of aryl methyl sites for hydroxylation is 1. The Morgan fingerprint density at radius 3 is 2.48 bits per heavy atom. The van der Waals surface area contributed by atoms with Gasteiger partial charge in [-0.15, -0.1) is 0 Å². The van der Waals surface area contributed by atoms with E-state index in [1.54, 1.807) is 43.5 Å². The lowest BCUT2D eigenvalue weighted by Crippen LogP contribution is -2.11. The standard InChI is InChI=1S/C17H14BrNO2/c1-11-3-4-13(9-16(11)21-2)15(10-19)17(20)12-5-7-14(18)8-6-12/h3-9,15H,1-2H3. The van der Waals surface area contributed by atoms with Gasteiger partial charge in [-0.2, -0.15) is 5.26 Å². The van der Waals surface area contributed by atoms with E-state index in [9.17, 15) is 10.1 Å². The van der Waals surface area contributed by atoms with E-state index in [2.05, 4.69) is 22.0 Å². The molecule has 0 bridgehead atoms. The van der Waals surface area contributed by atoms with E-state index < -0.39 is 5.92 Å². The van der Waals surface area contributed by atoms with Gasteiger partial charge in [-0.25, -0.2) is 0 Å². The third kappa shape index (κ3) is 3.32. The number of rotatable bonds is 4. The van der Waals surface area contributed by atoms with E-state index >= 15 is 0 Å². The minimum absolute atomic E-state index is 0.212. The molecule has 2 aromatic carbocycles. The zero-order chi connectivity index (χ0) is 15.4. The smallest absolute Gasteiger partial charge is 0.184 e. The number of methoxy groups -OCH3 is 1. The first-order valence-corrected chi connectivity index (χ1v) is 7.20. The molecule has 0 aliphatic rings. The molecular formula is C17H14BrNO2. The average Bonchev–Trinajstić information content (AvgIpc) is 2.50. The molecule has 0 heterocycles. The summed E-state index contributed by atoms with van der Waals surface area (Å²) in [6.45, 7) is 1.92. The maximum absolute atomic E-state index is 12.5. The summed E-state index contributed by atoms with van der Waals surface area (Å²) < 4.78 is 6.15. The molecule has 1 unspecified atom stereocenters. The summed E-state index contributed by atoms with van der Waals surface area (Å²) in [6.07, 6.45) is 0. The Kier molecular flexibility index (Phi) is 4.77. The number of ketones is 1. The molecule has 4 heteroatoms. The molecule has 0 saturated carbocycles. The molecule has 0 N–H and O–H groups in total. The number of hydrogen-bond donors (Lipinski definition) is 0. The molecule has 0 fully saturated rings. The Bertz CT molecular complexity index is 702. The highest BCUT2D eigenvalue weighted by molar-refractivity contribution is 9.10. The van der Waals surface area contributed by atoms with E-state index in [0.29, 0.717) is 16.9 Å². The Balaban J connectivity index is 2.38. The quantitative estimate of drug-likeness (QED) is 0.779. The summed E-state index contributed by atoms with van der Waals surface area (Å²) in [6, 6.07) is 14.5. The fraction of sp³-hybridized carbons (Fsp3) is 0.176. The fourth-order valence-corrected chi connectivity index (χ4v) is 2.35. The summed E-state index contributed by atoms with van der Waals surface area (Å²) in [4.78, 5) is 12.5. The SMILES string of the molecule is COc1cc(C(C#N)C(=O)c2ccc(Br)cc2)ccc1C. The van der Waals surface area contributed by atoms with Crippen molar-refractivity contribution in [3.63, 3.8) is 0 Å². The number of nitriles is 1. The van der Waals surface area contributed by atoms with E-state index in [-0.39, 0.29) is 5.78 Å². The number of carbonyl (C=O) groups is 1. The van der Waals surface area contributed by atoms with Gasteiger partial charge < -0.3 is 4.74 Å². The van der Waals surface area contributed by atoms with Crippen LogP contribution in [0, 0.1) is 18.3 Å². The van der Waals surface area contributed by atoms with Gasteiger partial charge in [-0.3, -0.25) is 4.79 Å². The Morgan fingerprint density at radius 2 is 1.90 bits per heavy atom. The Morgan fingerprint density at radius 1 is 1.24 bits per heavy atom. The molecule has 2 aromatic rings.